The minimum Gasteiger partial charge on any atom is -0.234 e. The number of hydrogen-bond donors (Lipinski definition) is 0. The van der Waals surface area contributed by atoms with Crippen molar-refractivity contribution in [2.75, 3.05) is 0 Å². The summed E-state index contributed by atoms with van der Waals surface area (Å²) in [5.41, 5.74) is 0. The minimum atomic E-state index is 1.22. The van der Waals surface area contributed by atoms with Gasteiger partial charge in [-0.15, -0.1) is 0 Å². The largest absolute Gasteiger partial charge is 0.256 e. The Morgan fingerprint density at radius 3 is 1.30 bits per heavy atom. The number of aromatic nitrogens is 2. The number of rotatable bonds is 29. The number of nitrogens with zero attached hydrogens (tertiary/aromatic N) is 2. The molecule has 0 saturated carbocycles. The van der Waals surface area contributed by atoms with Gasteiger partial charge in [-0.2, -0.15) is 0 Å². The summed E-state index contributed by atoms with van der Waals surface area (Å²) in [5, 5.41) is 0. The molecule has 1 rings (SSSR count). The van der Waals surface area contributed by atoms with Gasteiger partial charge in [-0.3, -0.25) is 0 Å². The Labute approximate surface area is 234 Å². The molecule has 0 unspecified atom stereocenters. The predicted molar refractivity (Wildman–Crippen MR) is 165 cm³/mol. The molecule has 0 fully saturated rings. The highest BCUT2D eigenvalue weighted by Gasteiger charge is 2.16. The lowest BCUT2D eigenvalue weighted by Crippen LogP contribution is -2.37. The van der Waals surface area contributed by atoms with Crippen LogP contribution in [0.15, 0.2) is 12.4 Å². The summed E-state index contributed by atoms with van der Waals surface area (Å²) in [6.45, 7) is 9.38. The first-order chi connectivity index (χ1) is 18.3. The van der Waals surface area contributed by atoms with E-state index in [-0.39, 0.29) is 0 Å². The van der Waals surface area contributed by atoms with E-state index < -0.39 is 0 Å². The van der Waals surface area contributed by atoms with Crippen LogP contribution in [0.2, 0.25) is 0 Å². The monoisotopic (exact) mass is 518 g/mol. The van der Waals surface area contributed by atoms with Crippen molar-refractivity contribution in [1.82, 2.24) is 4.57 Å². The summed E-state index contributed by atoms with van der Waals surface area (Å²) in [4.78, 5) is 0. The average molecular weight is 518 g/mol. The molecule has 0 aliphatic carbocycles. The Kier molecular flexibility index (Phi) is 24.8. The van der Waals surface area contributed by atoms with Crippen molar-refractivity contribution < 1.29 is 4.57 Å². The maximum Gasteiger partial charge on any atom is 0.256 e. The van der Waals surface area contributed by atoms with Crippen molar-refractivity contribution in [2.45, 2.75) is 207 Å². The molecule has 1 aromatic rings. The van der Waals surface area contributed by atoms with E-state index in [1.807, 2.05) is 0 Å². The zero-order valence-electron chi connectivity index (χ0n) is 26.1. The fourth-order valence-corrected chi connectivity index (χ4v) is 5.80. The third kappa shape index (κ3) is 19.9. The highest BCUT2D eigenvalue weighted by Crippen LogP contribution is 2.15. The smallest absolute Gasteiger partial charge is 0.234 e. The van der Waals surface area contributed by atoms with E-state index in [1.165, 1.54) is 186 Å². The van der Waals surface area contributed by atoms with Crippen LogP contribution in [0.3, 0.4) is 0 Å². The lowest BCUT2D eigenvalue weighted by atomic mass is 10.0. The summed E-state index contributed by atoms with van der Waals surface area (Å²) in [7, 11) is 0. The number of imidazole rings is 1. The number of hydrogen-bond acceptors (Lipinski definition) is 0. The van der Waals surface area contributed by atoms with Crippen LogP contribution >= 0.6 is 0 Å². The van der Waals surface area contributed by atoms with E-state index in [0.29, 0.717) is 0 Å². The third-order valence-electron chi connectivity index (χ3n) is 8.35. The predicted octanol–water partition coefficient (Wildman–Crippen LogP) is 11.5. The van der Waals surface area contributed by atoms with Crippen LogP contribution in [0.25, 0.3) is 0 Å². The van der Waals surface area contributed by atoms with Gasteiger partial charge in [0, 0.05) is 6.42 Å². The van der Waals surface area contributed by atoms with Gasteiger partial charge in [0.05, 0.1) is 13.1 Å². The maximum absolute atomic E-state index is 2.60. The van der Waals surface area contributed by atoms with Crippen molar-refractivity contribution in [3.63, 3.8) is 0 Å². The van der Waals surface area contributed by atoms with Crippen LogP contribution in [0.4, 0.5) is 0 Å². The molecule has 218 valence electrons. The normalized spacial score (nSPS) is 11.5. The van der Waals surface area contributed by atoms with Gasteiger partial charge >= 0.3 is 0 Å². The van der Waals surface area contributed by atoms with E-state index in [9.17, 15) is 0 Å². The third-order valence-corrected chi connectivity index (χ3v) is 8.35. The van der Waals surface area contributed by atoms with Gasteiger partial charge in [-0.05, 0) is 32.1 Å². The Morgan fingerprint density at radius 2 is 0.838 bits per heavy atom. The molecule has 0 amide bonds. The second kappa shape index (κ2) is 26.8. The molecule has 1 heterocycles. The highest BCUT2D eigenvalue weighted by atomic mass is 15.1. The lowest BCUT2D eigenvalue weighted by Gasteiger charge is -2.07. The van der Waals surface area contributed by atoms with Crippen LogP contribution in [0.1, 0.15) is 194 Å². The molecule has 0 aliphatic rings. The topological polar surface area (TPSA) is 8.81 Å². The molecule has 0 spiro atoms. The average Bonchev–Trinajstić information content (AvgIpc) is 3.29. The number of unbranched alkanes of at least 4 members (excludes halogenated alkanes) is 23. The van der Waals surface area contributed by atoms with Gasteiger partial charge in [0.2, 0.25) is 0 Å². The Morgan fingerprint density at radius 1 is 0.459 bits per heavy atom. The molecule has 2 nitrogen and oxygen atoms in total. The van der Waals surface area contributed by atoms with E-state index in [4.69, 9.17) is 0 Å². The maximum atomic E-state index is 2.60. The van der Waals surface area contributed by atoms with Crippen LogP contribution < -0.4 is 4.57 Å². The van der Waals surface area contributed by atoms with Crippen LogP contribution in [-0.4, -0.2) is 4.57 Å². The van der Waals surface area contributed by atoms with E-state index in [1.54, 1.807) is 5.82 Å². The van der Waals surface area contributed by atoms with Gasteiger partial charge < -0.3 is 0 Å². The molecule has 0 radical (unpaired) electrons. The molecule has 0 bridgehead atoms. The Hall–Kier alpha value is -0.790. The first-order valence-electron chi connectivity index (χ1n) is 17.4. The van der Waals surface area contributed by atoms with Gasteiger partial charge in [-0.25, -0.2) is 9.13 Å². The van der Waals surface area contributed by atoms with Gasteiger partial charge in [-0.1, -0.05) is 156 Å². The quantitative estimate of drug-likeness (QED) is 0.0737. The Bertz CT molecular complexity index is 576. The van der Waals surface area contributed by atoms with Gasteiger partial charge in [0.15, 0.2) is 0 Å². The summed E-state index contributed by atoms with van der Waals surface area (Å²) >= 11 is 0. The standard InChI is InChI=1S/C35H69N2/c1-4-7-10-13-14-15-16-17-18-19-20-21-22-23-24-26-29-32-37-34-33-36(31-28-25-11-8-5-2)35(37)30-27-12-9-6-3/h33-34H,4-32H2,1-3H3/q+1. The molecule has 0 atom stereocenters. The fourth-order valence-electron chi connectivity index (χ4n) is 5.80. The van der Waals surface area contributed by atoms with E-state index in [2.05, 4.69) is 42.3 Å². The molecular weight excluding hydrogens is 448 g/mol. The van der Waals surface area contributed by atoms with E-state index >= 15 is 0 Å². The molecule has 0 aliphatic heterocycles. The number of aryl methyl sites for hydroxylation is 2. The SMILES string of the molecule is CCCCCCCCCCCCCCCCCCCn1cc[n+](CCCCCCC)c1CCCCCC. The van der Waals surface area contributed by atoms with Crippen molar-refractivity contribution in [3.05, 3.63) is 18.2 Å². The van der Waals surface area contributed by atoms with Crippen LogP contribution in [0, 0.1) is 0 Å². The molecule has 1 aromatic heterocycles. The zero-order chi connectivity index (χ0) is 26.7. The van der Waals surface area contributed by atoms with Crippen molar-refractivity contribution in [2.24, 2.45) is 0 Å². The second-order valence-corrected chi connectivity index (χ2v) is 12.0. The first-order valence-corrected chi connectivity index (χ1v) is 17.4. The highest BCUT2D eigenvalue weighted by molar-refractivity contribution is 4.84. The molecular formula is C35H69N2+. The molecule has 0 N–H and O–H groups in total. The zero-order valence-corrected chi connectivity index (χ0v) is 26.1. The van der Waals surface area contributed by atoms with Crippen LogP contribution in [0.5, 0.6) is 0 Å². The second-order valence-electron chi connectivity index (χ2n) is 12.0. The summed E-state index contributed by atoms with van der Waals surface area (Å²) in [5.74, 6) is 1.60. The molecule has 2 heteroatoms. The minimum absolute atomic E-state index is 1.22. The van der Waals surface area contributed by atoms with Crippen LogP contribution in [-0.2, 0) is 19.5 Å². The molecule has 0 saturated heterocycles. The summed E-state index contributed by atoms with van der Waals surface area (Å²) in [6, 6.07) is 0. The van der Waals surface area contributed by atoms with E-state index in [0.717, 1.165) is 0 Å². The van der Waals surface area contributed by atoms with Gasteiger partial charge in [0.25, 0.3) is 5.82 Å². The Balaban J connectivity index is 2.09. The fraction of sp³-hybridized carbons (Fsp3) is 0.914. The van der Waals surface area contributed by atoms with Crippen molar-refractivity contribution >= 4 is 0 Å². The summed E-state index contributed by atoms with van der Waals surface area (Å²) < 4.78 is 5.19. The van der Waals surface area contributed by atoms with Gasteiger partial charge in [0.1, 0.15) is 12.4 Å². The summed E-state index contributed by atoms with van der Waals surface area (Å²) in [6.07, 6.45) is 43.0. The van der Waals surface area contributed by atoms with Crippen molar-refractivity contribution in [1.29, 1.82) is 0 Å². The molecule has 37 heavy (non-hydrogen) atoms. The lowest BCUT2D eigenvalue weighted by molar-refractivity contribution is -0.704. The first kappa shape index (κ1) is 34.2. The molecule has 0 aromatic carbocycles. The van der Waals surface area contributed by atoms with Crippen molar-refractivity contribution in [3.8, 4) is 0 Å².